The number of fused-ring (bicyclic) bond motifs is 2. The fourth-order valence-corrected chi connectivity index (χ4v) is 2.59. The summed E-state index contributed by atoms with van der Waals surface area (Å²) in [5, 5.41) is 2.79. The molecule has 0 spiro atoms. The number of amides is 2. The minimum absolute atomic E-state index is 0.0182. The summed E-state index contributed by atoms with van der Waals surface area (Å²) in [4.78, 5) is 24.1. The molecule has 7 nitrogen and oxygen atoms in total. The summed E-state index contributed by atoms with van der Waals surface area (Å²) in [6.07, 6.45) is 0. The number of rotatable bonds is 3. The lowest BCUT2D eigenvalue weighted by Gasteiger charge is -2.06. The van der Waals surface area contributed by atoms with E-state index < -0.39 is 17.6 Å². The molecule has 2 heterocycles. The number of nitrogens with one attached hydrogen (secondary N) is 1. The van der Waals surface area contributed by atoms with Crippen molar-refractivity contribution in [1.29, 1.82) is 0 Å². The van der Waals surface area contributed by atoms with E-state index in [9.17, 15) is 14.0 Å². The molecule has 0 bridgehead atoms. The zero-order valence-electron chi connectivity index (χ0n) is 12.7. The number of carbonyl (C=O) groups excluding carboxylic acids is 2. The predicted molar refractivity (Wildman–Crippen MR) is 85.2 cm³/mol. The lowest BCUT2D eigenvalue weighted by atomic mass is 10.1. The van der Waals surface area contributed by atoms with Crippen LogP contribution in [0.25, 0.3) is 11.0 Å². The second-order valence-corrected chi connectivity index (χ2v) is 5.33. The van der Waals surface area contributed by atoms with Crippen molar-refractivity contribution in [2.24, 2.45) is 5.73 Å². The first-order chi connectivity index (χ1) is 12.0. The quantitative estimate of drug-likeness (QED) is 0.761. The monoisotopic (exact) mass is 342 g/mol. The van der Waals surface area contributed by atoms with Gasteiger partial charge in [0.2, 0.25) is 12.6 Å². The first-order valence-electron chi connectivity index (χ1n) is 7.26. The molecule has 3 N–H and O–H groups in total. The summed E-state index contributed by atoms with van der Waals surface area (Å²) in [7, 11) is 0. The largest absolute Gasteiger partial charge is 0.454 e. The van der Waals surface area contributed by atoms with Crippen molar-refractivity contribution in [2.75, 3.05) is 12.1 Å². The molecule has 25 heavy (non-hydrogen) atoms. The van der Waals surface area contributed by atoms with Crippen LogP contribution in [-0.4, -0.2) is 18.6 Å². The number of nitrogens with two attached hydrogens (primary N) is 1. The molecule has 1 aromatic heterocycles. The van der Waals surface area contributed by atoms with E-state index in [2.05, 4.69) is 5.32 Å². The second-order valence-electron chi connectivity index (χ2n) is 5.33. The minimum Gasteiger partial charge on any atom is -0.454 e. The first kappa shape index (κ1) is 15.0. The Bertz CT molecular complexity index is 1030. The molecule has 0 saturated carbocycles. The van der Waals surface area contributed by atoms with Crippen LogP contribution >= 0.6 is 0 Å². The van der Waals surface area contributed by atoms with Gasteiger partial charge in [0, 0.05) is 10.9 Å². The molecule has 0 radical (unpaired) electrons. The highest BCUT2D eigenvalue weighted by Gasteiger charge is 2.22. The standard InChI is InChI=1S/C17H11FN2O5/c18-9-2-4-11-10(6-9)14(15(25-11)16(19)21)20-17(22)8-1-3-12-13(5-8)24-7-23-12/h1-6H,7H2,(H2,19,21)(H,20,22). The molecular weight excluding hydrogens is 331 g/mol. The highest BCUT2D eigenvalue weighted by Crippen LogP contribution is 2.34. The Morgan fingerprint density at radius 2 is 1.88 bits per heavy atom. The van der Waals surface area contributed by atoms with Gasteiger partial charge in [-0.2, -0.15) is 0 Å². The van der Waals surface area contributed by atoms with Crippen molar-refractivity contribution in [3.05, 3.63) is 53.5 Å². The van der Waals surface area contributed by atoms with Crippen LogP contribution in [0.4, 0.5) is 10.1 Å². The lowest BCUT2D eigenvalue weighted by Crippen LogP contribution is -2.17. The number of primary amides is 1. The molecule has 2 amide bonds. The Balaban J connectivity index is 1.74. The molecule has 3 aromatic rings. The van der Waals surface area contributed by atoms with Crippen molar-refractivity contribution < 1.29 is 27.9 Å². The van der Waals surface area contributed by atoms with Gasteiger partial charge in [-0.3, -0.25) is 9.59 Å². The van der Waals surface area contributed by atoms with E-state index in [0.29, 0.717) is 11.5 Å². The number of carbonyl (C=O) groups is 2. The van der Waals surface area contributed by atoms with Crippen LogP contribution in [0.15, 0.2) is 40.8 Å². The number of hydrogen-bond donors (Lipinski definition) is 2. The van der Waals surface area contributed by atoms with Crippen molar-refractivity contribution >= 4 is 28.5 Å². The van der Waals surface area contributed by atoms with Crippen LogP contribution in [0, 0.1) is 5.82 Å². The molecule has 126 valence electrons. The highest BCUT2D eigenvalue weighted by atomic mass is 19.1. The van der Waals surface area contributed by atoms with Crippen LogP contribution in [0.2, 0.25) is 0 Å². The average Bonchev–Trinajstić information content (AvgIpc) is 3.19. The topological polar surface area (TPSA) is 104 Å². The maximum atomic E-state index is 13.5. The summed E-state index contributed by atoms with van der Waals surface area (Å²) >= 11 is 0. The molecule has 1 aliphatic rings. The third-order valence-corrected chi connectivity index (χ3v) is 3.75. The molecule has 0 aliphatic carbocycles. The number of ether oxygens (including phenoxy) is 2. The fourth-order valence-electron chi connectivity index (χ4n) is 2.59. The number of halogens is 1. The van der Waals surface area contributed by atoms with E-state index in [1.807, 2.05) is 0 Å². The van der Waals surface area contributed by atoms with Gasteiger partial charge < -0.3 is 24.9 Å². The molecule has 4 rings (SSSR count). The van der Waals surface area contributed by atoms with Gasteiger partial charge >= 0.3 is 0 Å². The number of benzene rings is 2. The second kappa shape index (κ2) is 5.52. The summed E-state index contributed by atoms with van der Waals surface area (Å²) in [6, 6.07) is 8.33. The van der Waals surface area contributed by atoms with Gasteiger partial charge in [0.25, 0.3) is 11.8 Å². The van der Waals surface area contributed by atoms with Gasteiger partial charge in [-0.15, -0.1) is 0 Å². The van der Waals surface area contributed by atoms with E-state index >= 15 is 0 Å². The average molecular weight is 342 g/mol. The Kier molecular flexibility index (Phi) is 3.31. The SMILES string of the molecule is NC(=O)c1oc2ccc(F)cc2c1NC(=O)c1ccc2c(c1)OCO2. The molecule has 2 aromatic carbocycles. The third-order valence-electron chi connectivity index (χ3n) is 3.75. The first-order valence-corrected chi connectivity index (χ1v) is 7.26. The molecule has 0 atom stereocenters. The van der Waals surface area contributed by atoms with Crippen LogP contribution in [0.5, 0.6) is 11.5 Å². The fraction of sp³-hybridized carbons (Fsp3) is 0.0588. The van der Waals surface area contributed by atoms with E-state index in [1.54, 1.807) is 6.07 Å². The summed E-state index contributed by atoms with van der Waals surface area (Å²) in [5.74, 6) is -1.24. The molecule has 0 saturated heterocycles. The molecule has 0 fully saturated rings. The lowest BCUT2D eigenvalue weighted by molar-refractivity contribution is 0.0977. The predicted octanol–water partition coefficient (Wildman–Crippen LogP) is 2.65. The third kappa shape index (κ3) is 2.53. The van der Waals surface area contributed by atoms with E-state index in [0.717, 1.165) is 6.07 Å². The van der Waals surface area contributed by atoms with Crippen molar-refractivity contribution in [3.63, 3.8) is 0 Å². The molecule has 1 aliphatic heterocycles. The molecule has 8 heteroatoms. The van der Waals surface area contributed by atoms with Gasteiger partial charge in [0.15, 0.2) is 11.5 Å². The van der Waals surface area contributed by atoms with Crippen LogP contribution in [0.1, 0.15) is 20.9 Å². The number of anilines is 1. The van der Waals surface area contributed by atoms with Gasteiger partial charge in [0.1, 0.15) is 17.1 Å². The Morgan fingerprint density at radius 1 is 1.08 bits per heavy atom. The van der Waals surface area contributed by atoms with Gasteiger partial charge in [-0.25, -0.2) is 4.39 Å². The maximum Gasteiger partial charge on any atom is 0.286 e. The summed E-state index contributed by atoms with van der Waals surface area (Å²) in [5.41, 5.74) is 5.81. The van der Waals surface area contributed by atoms with Gasteiger partial charge in [-0.05, 0) is 36.4 Å². The maximum absolute atomic E-state index is 13.5. The zero-order valence-corrected chi connectivity index (χ0v) is 12.7. The van der Waals surface area contributed by atoms with E-state index in [-0.39, 0.29) is 34.8 Å². The van der Waals surface area contributed by atoms with E-state index in [1.165, 1.54) is 24.3 Å². The highest BCUT2D eigenvalue weighted by molar-refractivity contribution is 6.14. The van der Waals surface area contributed by atoms with Crippen molar-refractivity contribution in [3.8, 4) is 11.5 Å². The van der Waals surface area contributed by atoms with Gasteiger partial charge in [-0.1, -0.05) is 0 Å². The Labute approximate surface area is 140 Å². The minimum atomic E-state index is -0.877. The van der Waals surface area contributed by atoms with Crippen LogP contribution < -0.4 is 20.5 Å². The number of furan rings is 1. The summed E-state index contributed by atoms with van der Waals surface area (Å²) < 4.78 is 29.3. The van der Waals surface area contributed by atoms with E-state index in [4.69, 9.17) is 19.6 Å². The van der Waals surface area contributed by atoms with Crippen LogP contribution in [-0.2, 0) is 0 Å². The van der Waals surface area contributed by atoms with Crippen LogP contribution in [0.3, 0.4) is 0 Å². The van der Waals surface area contributed by atoms with Crippen molar-refractivity contribution in [2.45, 2.75) is 0 Å². The summed E-state index contributed by atoms with van der Waals surface area (Å²) in [6.45, 7) is 0.0812. The Morgan fingerprint density at radius 3 is 2.68 bits per heavy atom. The van der Waals surface area contributed by atoms with Gasteiger partial charge in [0.05, 0.1) is 0 Å². The van der Waals surface area contributed by atoms with Crippen molar-refractivity contribution in [1.82, 2.24) is 0 Å². The smallest absolute Gasteiger partial charge is 0.286 e. The normalized spacial score (nSPS) is 12.4. The Hall–Kier alpha value is -3.55. The molecular formula is C17H11FN2O5. The zero-order chi connectivity index (χ0) is 17.6. The number of hydrogen-bond acceptors (Lipinski definition) is 5. The molecule has 0 unspecified atom stereocenters.